The number of nitrogens with zero attached hydrogens (tertiary/aromatic N) is 3. The van der Waals surface area contributed by atoms with Gasteiger partial charge in [0, 0.05) is 34.0 Å². The highest BCUT2D eigenvalue weighted by Crippen LogP contribution is 2.22. The molecule has 2 aromatic carbocycles. The van der Waals surface area contributed by atoms with Crippen molar-refractivity contribution in [3.8, 4) is 11.5 Å². The van der Waals surface area contributed by atoms with Crippen LogP contribution in [0.3, 0.4) is 0 Å². The van der Waals surface area contributed by atoms with Crippen molar-refractivity contribution in [1.29, 1.82) is 0 Å². The SMILES string of the molecule is CCOc1ccc(OCCNC(=O)CCc2nc3cc(S(=O)(=O)N(C)C)ccc3n2C)cc1. The highest BCUT2D eigenvalue weighted by Gasteiger charge is 2.19. The van der Waals surface area contributed by atoms with Crippen LogP contribution in [-0.4, -0.2) is 62.0 Å². The molecule has 1 amide bonds. The summed E-state index contributed by atoms with van der Waals surface area (Å²) in [6, 6.07) is 12.2. The Labute approximate surface area is 194 Å². The Morgan fingerprint density at radius 1 is 1.09 bits per heavy atom. The summed E-state index contributed by atoms with van der Waals surface area (Å²) in [6.45, 7) is 3.29. The summed E-state index contributed by atoms with van der Waals surface area (Å²) in [6.07, 6.45) is 0.704. The lowest BCUT2D eigenvalue weighted by atomic mass is 10.3. The number of hydrogen-bond acceptors (Lipinski definition) is 6. The molecule has 0 aliphatic heterocycles. The van der Waals surface area contributed by atoms with E-state index in [1.54, 1.807) is 18.2 Å². The van der Waals surface area contributed by atoms with Gasteiger partial charge in [0.2, 0.25) is 15.9 Å². The number of hydrogen-bond donors (Lipinski definition) is 1. The van der Waals surface area contributed by atoms with Crippen molar-refractivity contribution >= 4 is 27.0 Å². The van der Waals surface area contributed by atoms with Crippen LogP contribution < -0.4 is 14.8 Å². The monoisotopic (exact) mass is 474 g/mol. The van der Waals surface area contributed by atoms with Gasteiger partial charge in [-0.05, 0) is 49.4 Å². The quantitative estimate of drug-likeness (QED) is 0.428. The maximum Gasteiger partial charge on any atom is 0.242 e. The Balaban J connectivity index is 1.50. The van der Waals surface area contributed by atoms with Crippen LogP contribution in [0.5, 0.6) is 11.5 Å². The second-order valence-corrected chi connectivity index (χ2v) is 9.78. The Kier molecular flexibility index (Phi) is 7.93. The molecule has 1 heterocycles. The fraction of sp³-hybridized carbons (Fsp3) is 0.391. The van der Waals surface area contributed by atoms with Crippen LogP contribution in [0, 0.1) is 0 Å². The van der Waals surface area contributed by atoms with Gasteiger partial charge in [0.15, 0.2) is 0 Å². The topological polar surface area (TPSA) is 103 Å². The minimum Gasteiger partial charge on any atom is -0.494 e. The average Bonchev–Trinajstić information content (AvgIpc) is 3.11. The van der Waals surface area contributed by atoms with Crippen molar-refractivity contribution in [3.05, 3.63) is 48.3 Å². The normalized spacial score (nSPS) is 11.7. The Bertz CT molecular complexity index is 1200. The third-order valence-electron chi connectivity index (χ3n) is 5.13. The zero-order valence-electron chi connectivity index (χ0n) is 19.4. The number of amides is 1. The first-order valence-corrected chi connectivity index (χ1v) is 12.2. The maximum atomic E-state index is 12.4. The van der Waals surface area contributed by atoms with E-state index < -0.39 is 10.0 Å². The molecule has 0 spiro atoms. The predicted octanol–water partition coefficient (Wildman–Crippen LogP) is 2.35. The van der Waals surface area contributed by atoms with Crippen molar-refractivity contribution < 1.29 is 22.7 Å². The summed E-state index contributed by atoms with van der Waals surface area (Å²) in [5.41, 5.74) is 1.39. The van der Waals surface area contributed by atoms with Crippen molar-refractivity contribution in [2.45, 2.75) is 24.7 Å². The highest BCUT2D eigenvalue weighted by molar-refractivity contribution is 7.89. The fourth-order valence-corrected chi connectivity index (χ4v) is 4.22. The van der Waals surface area contributed by atoms with Crippen molar-refractivity contribution in [2.24, 2.45) is 7.05 Å². The van der Waals surface area contributed by atoms with E-state index in [2.05, 4.69) is 10.3 Å². The molecule has 0 bridgehead atoms. The molecule has 0 atom stereocenters. The molecule has 0 saturated carbocycles. The largest absolute Gasteiger partial charge is 0.494 e. The van der Waals surface area contributed by atoms with Crippen LogP contribution in [0.25, 0.3) is 11.0 Å². The first kappa shape index (κ1) is 24.5. The lowest BCUT2D eigenvalue weighted by molar-refractivity contribution is -0.121. The molecule has 1 N–H and O–H groups in total. The number of aryl methyl sites for hydroxylation is 2. The highest BCUT2D eigenvalue weighted by atomic mass is 32.2. The number of aromatic nitrogens is 2. The van der Waals surface area contributed by atoms with E-state index in [4.69, 9.17) is 9.47 Å². The van der Waals surface area contributed by atoms with Gasteiger partial charge in [-0.2, -0.15) is 0 Å². The smallest absolute Gasteiger partial charge is 0.242 e. The predicted molar refractivity (Wildman–Crippen MR) is 126 cm³/mol. The average molecular weight is 475 g/mol. The number of ether oxygens (including phenoxy) is 2. The number of benzene rings is 2. The Morgan fingerprint density at radius 3 is 2.39 bits per heavy atom. The molecular weight excluding hydrogens is 444 g/mol. The van der Waals surface area contributed by atoms with Gasteiger partial charge in [-0.15, -0.1) is 0 Å². The standard InChI is InChI=1S/C23H30N4O5S/c1-5-31-17-6-8-18(9-7-17)32-15-14-24-23(28)13-12-22-25-20-16-19(33(29,30)26(2)3)10-11-21(20)27(22)4/h6-11,16H,5,12-15H2,1-4H3,(H,24,28). The molecule has 0 saturated heterocycles. The third kappa shape index (κ3) is 6.02. The number of sulfonamides is 1. The lowest BCUT2D eigenvalue weighted by Gasteiger charge is -2.10. The number of rotatable bonds is 11. The molecule has 9 nitrogen and oxygen atoms in total. The summed E-state index contributed by atoms with van der Waals surface area (Å²) < 4.78 is 38.8. The number of carbonyl (C=O) groups excluding carboxylic acids is 1. The van der Waals surface area contributed by atoms with Crippen molar-refractivity contribution in [2.75, 3.05) is 33.9 Å². The molecule has 33 heavy (non-hydrogen) atoms. The zero-order valence-corrected chi connectivity index (χ0v) is 20.2. The van der Waals surface area contributed by atoms with E-state index in [9.17, 15) is 13.2 Å². The maximum absolute atomic E-state index is 12.4. The van der Waals surface area contributed by atoms with Gasteiger partial charge < -0.3 is 19.4 Å². The molecule has 0 unspecified atom stereocenters. The van der Waals surface area contributed by atoms with Crippen molar-refractivity contribution in [3.63, 3.8) is 0 Å². The third-order valence-corrected chi connectivity index (χ3v) is 6.94. The number of imidazole rings is 1. The molecule has 0 fully saturated rings. The van der Waals surface area contributed by atoms with E-state index in [1.807, 2.05) is 42.8 Å². The minimum absolute atomic E-state index is 0.103. The van der Waals surface area contributed by atoms with Crippen LogP contribution in [0.2, 0.25) is 0 Å². The second kappa shape index (κ2) is 10.7. The lowest BCUT2D eigenvalue weighted by Crippen LogP contribution is -2.28. The molecule has 3 rings (SSSR count). The van der Waals surface area contributed by atoms with E-state index in [1.165, 1.54) is 18.4 Å². The molecule has 178 valence electrons. The number of nitrogens with one attached hydrogen (secondary N) is 1. The summed E-state index contributed by atoms with van der Waals surface area (Å²) in [5, 5.41) is 2.84. The Morgan fingerprint density at radius 2 is 1.76 bits per heavy atom. The van der Waals surface area contributed by atoms with Gasteiger partial charge in [-0.25, -0.2) is 17.7 Å². The fourth-order valence-electron chi connectivity index (χ4n) is 3.30. The second-order valence-electron chi connectivity index (χ2n) is 7.63. The zero-order chi connectivity index (χ0) is 24.0. The molecule has 3 aromatic rings. The Hall–Kier alpha value is -3.11. The van der Waals surface area contributed by atoms with Gasteiger partial charge in [0.25, 0.3) is 0 Å². The van der Waals surface area contributed by atoms with Crippen LogP contribution in [0.4, 0.5) is 0 Å². The summed E-state index contributed by atoms with van der Waals surface area (Å²) >= 11 is 0. The van der Waals surface area contributed by atoms with Gasteiger partial charge in [-0.3, -0.25) is 4.79 Å². The van der Waals surface area contributed by atoms with Gasteiger partial charge in [0.1, 0.15) is 23.9 Å². The van der Waals surface area contributed by atoms with Crippen molar-refractivity contribution in [1.82, 2.24) is 19.2 Å². The van der Waals surface area contributed by atoms with Gasteiger partial charge >= 0.3 is 0 Å². The van der Waals surface area contributed by atoms with E-state index in [0.717, 1.165) is 11.3 Å². The molecular formula is C23H30N4O5S. The van der Waals surface area contributed by atoms with Gasteiger partial charge in [-0.1, -0.05) is 0 Å². The number of carbonyl (C=O) groups is 1. The molecule has 1 aromatic heterocycles. The van der Waals surface area contributed by atoms with Gasteiger partial charge in [0.05, 0.1) is 29.1 Å². The number of fused-ring (bicyclic) bond motifs is 1. The summed E-state index contributed by atoms with van der Waals surface area (Å²) in [7, 11) is 1.30. The summed E-state index contributed by atoms with van der Waals surface area (Å²) in [4.78, 5) is 17.0. The van der Waals surface area contributed by atoms with Crippen LogP contribution in [0.1, 0.15) is 19.2 Å². The van der Waals surface area contributed by atoms with E-state index in [-0.39, 0.29) is 17.2 Å². The first-order valence-electron chi connectivity index (χ1n) is 10.7. The minimum atomic E-state index is -3.53. The summed E-state index contributed by atoms with van der Waals surface area (Å²) in [5.74, 6) is 2.11. The molecule has 0 aliphatic carbocycles. The van der Waals surface area contributed by atoms with E-state index in [0.29, 0.717) is 43.3 Å². The first-order chi connectivity index (χ1) is 15.7. The molecule has 10 heteroatoms. The van der Waals surface area contributed by atoms with E-state index >= 15 is 0 Å². The van der Waals surface area contributed by atoms with Crippen LogP contribution in [-0.2, 0) is 28.3 Å². The molecule has 0 aliphatic rings. The van der Waals surface area contributed by atoms with Crippen LogP contribution in [0.15, 0.2) is 47.4 Å². The molecule has 0 radical (unpaired) electrons. The van der Waals surface area contributed by atoms with Crippen LogP contribution >= 0.6 is 0 Å².